The van der Waals surface area contributed by atoms with Crippen molar-refractivity contribution in [2.24, 2.45) is 0 Å². The average molecular weight is 272 g/mol. The minimum Gasteiger partial charge on any atom is -0.327 e. The van der Waals surface area contributed by atoms with Crippen LogP contribution < -0.4 is 5.32 Å². The smallest absolute Gasteiger partial charge is 0.249 e. The molecule has 1 aromatic rings. The Labute approximate surface area is 117 Å². The number of carbonyl (C=O) groups excluding carboxylic acids is 3. The zero-order chi connectivity index (χ0) is 14.5. The maximum atomic E-state index is 12.1. The van der Waals surface area contributed by atoms with E-state index in [-0.39, 0.29) is 18.2 Å². The molecule has 1 N–H and O–H groups in total. The molecule has 5 nitrogen and oxygen atoms in total. The highest BCUT2D eigenvalue weighted by atomic mass is 16.2. The van der Waals surface area contributed by atoms with Crippen LogP contribution >= 0.6 is 0 Å². The van der Waals surface area contributed by atoms with Gasteiger partial charge in [0, 0.05) is 12.6 Å². The molecule has 1 aliphatic rings. The third kappa shape index (κ3) is 3.12. The van der Waals surface area contributed by atoms with E-state index in [2.05, 4.69) is 5.32 Å². The molecule has 2 rings (SSSR count). The van der Waals surface area contributed by atoms with E-state index in [4.69, 9.17) is 0 Å². The van der Waals surface area contributed by atoms with Gasteiger partial charge in [-0.1, -0.05) is 30.3 Å². The fourth-order valence-corrected chi connectivity index (χ4v) is 2.15. The highest BCUT2D eigenvalue weighted by Crippen LogP contribution is 2.12. The number of imide groups is 1. The van der Waals surface area contributed by atoms with E-state index in [0.717, 1.165) is 5.56 Å². The minimum atomic E-state index is -0.694. The van der Waals surface area contributed by atoms with Gasteiger partial charge in [-0.05, 0) is 18.6 Å². The quantitative estimate of drug-likeness (QED) is 0.656. The Balaban J connectivity index is 2.08. The van der Waals surface area contributed by atoms with Gasteiger partial charge in [-0.25, -0.2) is 0 Å². The van der Waals surface area contributed by atoms with E-state index >= 15 is 0 Å². The molecule has 1 heterocycles. The summed E-state index contributed by atoms with van der Waals surface area (Å²) >= 11 is 0. The van der Waals surface area contributed by atoms with Gasteiger partial charge >= 0.3 is 0 Å². The van der Waals surface area contributed by atoms with E-state index in [1.807, 2.05) is 30.3 Å². The number of likely N-dealkylation sites (N-methyl/N-ethyl adjacent to an activating group) is 1. The number of rotatable bonds is 4. The second kappa shape index (κ2) is 6.14. The lowest BCUT2D eigenvalue weighted by Gasteiger charge is -2.23. The Morgan fingerprint density at radius 3 is 2.60 bits per heavy atom. The number of benzene rings is 1. The molecule has 1 aliphatic heterocycles. The van der Waals surface area contributed by atoms with Crippen LogP contribution in [0.25, 0.3) is 6.08 Å². The standard InChI is InChI=1S/C15H16N2O3/c1-2-17(12-10-13(18)16-15(12)20)14(19)9-8-11-6-4-3-5-7-11/h3-9,12H,2,10H2,1H3,(H,16,18,20)/b9-8-/t12-/m1/s1. The lowest BCUT2D eigenvalue weighted by molar-refractivity contribution is -0.135. The van der Waals surface area contributed by atoms with Crippen LogP contribution in [0.2, 0.25) is 0 Å². The summed E-state index contributed by atoms with van der Waals surface area (Å²) in [6, 6.07) is 8.72. The van der Waals surface area contributed by atoms with E-state index in [0.29, 0.717) is 6.54 Å². The predicted octanol–water partition coefficient (Wildman–Crippen LogP) is 0.963. The van der Waals surface area contributed by atoms with Crippen molar-refractivity contribution in [2.75, 3.05) is 6.54 Å². The Bertz CT molecular complexity index is 551. The minimum absolute atomic E-state index is 0.0393. The van der Waals surface area contributed by atoms with Gasteiger partial charge in [0.25, 0.3) is 0 Å². The summed E-state index contributed by atoms with van der Waals surface area (Å²) in [6.45, 7) is 2.16. The van der Waals surface area contributed by atoms with Gasteiger partial charge in [-0.2, -0.15) is 0 Å². The summed E-state index contributed by atoms with van der Waals surface area (Å²) in [4.78, 5) is 36.3. The molecule has 0 unspecified atom stereocenters. The van der Waals surface area contributed by atoms with Gasteiger partial charge in [-0.15, -0.1) is 0 Å². The molecule has 20 heavy (non-hydrogen) atoms. The highest BCUT2D eigenvalue weighted by Gasteiger charge is 2.36. The molecule has 0 bridgehead atoms. The summed E-state index contributed by atoms with van der Waals surface area (Å²) in [5.74, 6) is -1.01. The van der Waals surface area contributed by atoms with Gasteiger partial charge in [0.1, 0.15) is 6.04 Å². The molecule has 0 aromatic heterocycles. The summed E-state index contributed by atoms with van der Waals surface area (Å²) < 4.78 is 0. The van der Waals surface area contributed by atoms with Crippen molar-refractivity contribution < 1.29 is 14.4 Å². The van der Waals surface area contributed by atoms with Crippen molar-refractivity contribution in [1.29, 1.82) is 0 Å². The first-order chi connectivity index (χ1) is 9.61. The number of amides is 3. The van der Waals surface area contributed by atoms with E-state index in [9.17, 15) is 14.4 Å². The van der Waals surface area contributed by atoms with E-state index in [1.165, 1.54) is 11.0 Å². The Hall–Kier alpha value is -2.43. The second-order valence-electron chi connectivity index (χ2n) is 4.50. The Kier molecular flexibility index (Phi) is 4.30. The molecule has 1 fully saturated rings. The predicted molar refractivity (Wildman–Crippen MR) is 74.4 cm³/mol. The number of hydrogen-bond donors (Lipinski definition) is 1. The van der Waals surface area contributed by atoms with Crippen LogP contribution in [0.15, 0.2) is 36.4 Å². The van der Waals surface area contributed by atoms with Crippen molar-refractivity contribution in [3.05, 3.63) is 42.0 Å². The first-order valence-corrected chi connectivity index (χ1v) is 6.49. The third-order valence-electron chi connectivity index (χ3n) is 3.16. The molecule has 0 aliphatic carbocycles. The maximum absolute atomic E-state index is 12.1. The van der Waals surface area contributed by atoms with Crippen molar-refractivity contribution in [3.63, 3.8) is 0 Å². The number of hydrogen-bond acceptors (Lipinski definition) is 3. The van der Waals surface area contributed by atoms with Crippen molar-refractivity contribution in [2.45, 2.75) is 19.4 Å². The largest absolute Gasteiger partial charge is 0.327 e. The fourth-order valence-electron chi connectivity index (χ4n) is 2.15. The van der Waals surface area contributed by atoms with Crippen molar-refractivity contribution in [3.8, 4) is 0 Å². The zero-order valence-electron chi connectivity index (χ0n) is 11.2. The van der Waals surface area contributed by atoms with Crippen LogP contribution in [-0.4, -0.2) is 35.2 Å². The SMILES string of the molecule is CCN(C(=O)/C=C\c1ccccc1)[C@@H]1CC(=O)NC1=O. The Morgan fingerprint density at radius 2 is 2.05 bits per heavy atom. The lowest BCUT2D eigenvalue weighted by atomic mass is 10.2. The normalized spacial score (nSPS) is 18.4. The van der Waals surface area contributed by atoms with Crippen LogP contribution in [0.4, 0.5) is 0 Å². The molecule has 104 valence electrons. The van der Waals surface area contributed by atoms with Gasteiger partial charge in [-0.3, -0.25) is 19.7 Å². The molecule has 3 amide bonds. The second-order valence-corrected chi connectivity index (χ2v) is 4.50. The molecule has 1 atom stereocenters. The molecule has 0 radical (unpaired) electrons. The number of nitrogens with zero attached hydrogens (tertiary/aromatic N) is 1. The molecular weight excluding hydrogens is 256 g/mol. The first-order valence-electron chi connectivity index (χ1n) is 6.49. The van der Waals surface area contributed by atoms with Gasteiger partial charge < -0.3 is 4.90 Å². The van der Waals surface area contributed by atoms with Crippen LogP contribution in [0.3, 0.4) is 0 Å². The lowest BCUT2D eigenvalue weighted by Crippen LogP contribution is -2.43. The zero-order valence-corrected chi connectivity index (χ0v) is 11.2. The maximum Gasteiger partial charge on any atom is 0.249 e. The summed E-state index contributed by atoms with van der Waals surface area (Å²) in [5.41, 5.74) is 0.906. The Morgan fingerprint density at radius 1 is 1.35 bits per heavy atom. The topological polar surface area (TPSA) is 66.5 Å². The molecule has 5 heteroatoms. The van der Waals surface area contributed by atoms with Crippen LogP contribution in [0, 0.1) is 0 Å². The highest BCUT2D eigenvalue weighted by molar-refractivity contribution is 6.07. The van der Waals surface area contributed by atoms with Crippen LogP contribution in [0.5, 0.6) is 0 Å². The van der Waals surface area contributed by atoms with Gasteiger partial charge in [0.15, 0.2) is 0 Å². The third-order valence-corrected chi connectivity index (χ3v) is 3.16. The summed E-state index contributed by atoms with van der Waals surface area (Å²) in [6.07, 6.45) is 3.16. The molecule has 0 spiro atoms. The summed E-state index contributed by atoms with van der Waals surface area (Å²) in [5, 5.41) is 2.21. The van der Waals surface area contributed by atoms with Crippen molar-refractivity contribution in [1.82, 2.24) is 10.2 Å². The molecule has 0 saturated carbocycles. The fraction of sp³-hybridized carbons (Fsp3) is 0.267. The van der Waals surface area contributed by atoms with Gasteiger partial charge in [0.05, 0.1) is 6.42 Å². The number of nitrogens with one attached hydrogen (secondary N) is 1. The summed E-state index contributed by atoms with van der Waals surface area (Å²) in [7, 11) is 0. The molecule has 1 saturated heterocycles. The molecule has 1 aromatic carbocycles. The van der Waals surface area contributed by atoms with Crippen LogP contribution in [-0.2, 0) is 14.4 Å². The monoisotopic (exact) mass is 272 g/mol. The molecular formula is C15H16N2O3. The van der Waals surface area contributed by atoms with E-state index < -0.39 is 11.9 Å². The van der Waals surface area contributed by atoms with Crippen LogP contribution in [0.1, 0.15) is 18.9 Å². The number of carbonyl (C=O) groups is 3. The van der Waals surface area contributed by atoms with Crippen molar-refractivity contribution >= 4 is 23.8 Å². The van der Waals surface area contributed by atoms with E-state index in [1.54, 1.807) is 13.0 Å². The average Bonchev–Trinajstić information content (AvgIpc) is 2.77. The first kappa shape index (κ1) is 14.0. The van der Waals surface area contributed by atoms with Gasteiger partial charge in [0.2, 0.25) is 17.7 Å².